The smallest absolute Gasteiger partial charge is 0.223 e. The Morgan fingerprint density at radius 2 is 1.64 bits per heavy atom. The van der Waals surface area contributed by atoms with Crippen LogP contribution >= 0.6 is 0 Å². The van der Waals surface area contributed by atoms with E-state index in [4.69, 9.17) is 5.73 Å². The second-order valence-corrected chi connectivity index (χ2v) is 15.9. The number of carbonyl (C=O) groups is 2. The van der Waals surface area contributed by atoms with Crippen molar-refractivity contribution in [1.82, 2.24) is 0 Å². The molecule has 0 radical (unpaired) electrons. The Bertz CT molecular complexity index is 999. The highest BCUT2D eigenvalue weighted by Gasteiger charge is 2.70. The van der Waals surface area contributed by atoms with Gasteiger partial charge in [-0.3, -0.25) is 9.59 Å². The fraction of sp³-hybridized carbons (Fsp3) is 0.875. The molecular weight excluding hydrogens is 446 g/mol. The number of aliphatic hydroxyl groups excluding tert-OH is 1. The fourth-order valence-electron chi connectivity index (χ4n) is 11.3. The maximum Gasteiger partial charge on any atom is 0.223 e. The molecule has 0 aromatic heterocycles. The molecule has 5 aliphatic carbocycles. The Morgan fingerprint density at radius 1 is 0.972 bits per heavy atom. The Morgan fingerprint density at radius 3 is 2.28 bits per heavy atom. The van der Waals surface area contributed by atoms with Crippen molar-refractivity contribution < 1.29 is 14.7 Å². The maximum absolute atomic E-state index is 14.4. The average molecular weight is 498 g/mol. The number of nitrogens with two attached hydrogens (primary N) is 1. The van der Waals surface area contributed by atoms with Crippen molar-refractivity contribution in [2.24, 2.45) is 61.9 Å². The van der Waals surface area contributed by atoms with E-state index >= 15 is 0 Å². The van der Waals surface area contributed by atoms with Crippen molar-refractivity contribution in [2.75, 3.05) is 6.61 Å². The lowest BCUT2D eigenvalue weighted by Crippen LogP contribution is -2.66. The van der Waals surface area contributed by atoms with Crippen molar-refractivity contribution in [1.29, 1.82) is 0 Å². The highest BCUT2D eigenvalue weighted by molar-refractivity contribution is 5.95. The van der Waals surface area contributed by atoms with Crippen LogP contribution in [-0.2, 0) is 9.59 Å². The number of aliphatic hydroxyl groups is 1. The lowest BCUT2D eigenvalue weighted by Gasteiger charge is -2.70. The molecule has 4 nitrogen and oxygen atoms in total. The van der Waals surface area contributed by atoms with E-state index in [1.54, 1.807) is 0 Å². The lowest BCUT2D eigenvalue weighted by molar-refractivity contribution is -0.192. The van der Waals surface area contributed by atoms with Crippen LogP contribution in [0.25, 0.3) is 0 Å². The number of fused-ring (bicyclic) bond motifs is 7. The van der Waals surface area contributed by atoms with Gasteiger partial charge in [-0.25, -0.2) is 0 Å². The van der Waals surface area contributed by atoms with E-state index in [1.165, 1.54) is 12.0 Å². The summed E-state index contributed by atoms with van der Waals surface area (Å²) >= 11 is 0. The van der Waals surface area contributed by atoms with Crippen LogP contribution in [0.1, 0.15) is 113 Å². The van der Waals surface area contributed by atoms with E-state index in [1.807, 2.05) is 6.92 Å². The molecule has 4 fully saturated rings. The normalized spacial score (nSPS) is 51.8. The quantitative estimate of drug-likeness (QED) is 0.470. The lowest BCUT2D eigenvalue weighted by atomic mass is 9.33. The first-order chi connectivity index (χ1) is 16.6. The molecule has 1 amide bonds. The Hall–Kier alpha value is -1.16. The Balaban J connectivity index is 1.61. The van der Waals surface area contributed by atoms with Gasteiger partial charge in [-0.1, -0.05) is 54.0 Å². The zero-order valence-electron chi connectivity index (χ0n) is 24.0. The first-order valence-corrected chi connectivity index (χ1v) is 14.7. The van der Waals surface area contributed by atoms with Gasteiger partial charge in [-0.2, -0.15) is 0 Å². The van der Waals surface area contributed by atoms with Crippen molar-refractivity contribution in [2.45, 2.75) is 113 Å². The fourth-order valence-corrected chi connectivity index (χ4v) is 11.3. The predicted octanol–water partition coefficient (Wildman–Crippen LogP) is 6.45. The first-order valence-electron chi connectivity index (χ1n) is 14.7. The number of allylic oxidation sites excluding steroid dienone is 2. The topological polar surface area (TPSA) is 80.4 Å². The standard InChI is InChI=1S/C32H51NO3/c1-27(2)17-20(9-15-34)18-30(5)24(27)8-10-32(7)25(30)23(35)16-21-22-19-29(4,26(33)36)12-11-28(22,3)13-14-31(21,32)6/h16,20,22,24-25,34H,8-15,17-19H2,1-7H3,(H2,33,36)/t20?,22-,24?,25-,28-,29?,30+,31-,32-/m1/s1. The number of primary amides is 1. The van der Waals surface area contributed by atoms with E-state index in [9.17, 15) is 14.7 Å². The molecule has 0 spiro atoms. The third-order valence-electron chi connectivity index (χ3n) is 13.5. The molecule has 4 heteroatoms. The molecule has 0 aliphatic heterocycles. The largest absolute Gasteiger partial charge is 0.396 e. The monoisotopic (exact) mass is 497 g/mol. The molecule has 0 heterocycles. The number of hydrogen-bond donors (Lipinski definition) is 2. The van der Waals surface area contributed by atoms with Crippen molar-refractivity contribution in [3.05, 3.63) is 11.6 Å². The van der Waals surface area contributed by atoms with Gasteiger partial charge in [0.1, 0.15) is 0 Å². The summed E-state index contributed by atoms with van der Waals surface area (Å²) in [4.78, 5) is 26.9. The van der Waals surface area contributed by atoms with Crippen LogP contribution in [0.15, 0.2) is 11.6 Å². The summed E-state index contributed by atoms with van der Waals surface area (Å²) in [5, 5.41) is 9.81. The molecule has 0 aromatic rings. The molecule has 4 saturated carbocycles. The minimum atomic E-state index is -0.487. The molecule has 202 valence electrons. The summed E-state index contributed by atoms with van der Waals surface area (Å²) in [5.74, 6) is 1.43. The third-order valence-corrected chi connectivity index (χ3v) is 13.5. The molecule has 36 heavy (non-hydrogen) atoms. The highest BCUT2D eigenvalue weighted by atomic mass is 16.3. The highest BCUT2D eigenvalue weighted by Crippen LogP contribution is 2.75. The summed E-state index contributed by atoms with van der Waals surface area (Å²) in [6.07, 6.45) is 12.3. The van der Waals surface area contributed by atoms with Gasteiger partial charge in [0.2, 0.25) is 5.91 Å². The van der Waals surface area contributed by atoms with Gasteiger partial charge in [0.25, 0.3) is 0 Å². The van der Waals surface area contributed by atoms with Gasteiger partial charge >= 0.3 is 0 Å². The van der Waals surface area contributed by atoms with Gasteiger partial charge in [0.05, 0.1) is 0 Å². The molecule has 0 saturated heterocycles. The van der Waals surface area contributed by atoms with E-state index in [0.29, 0.717) is 17.6 Å². The number of carbonyl (C=O) groups excluding carboxylic acids is 2. The minimum absolute atomic E-state index is 0.0220. The summed E-state index contributed by atoms with van der Waals surface area (Å²) in [6.45, 7) is 16.9. The van der Waals surface area contributed by atoms with Crippen molar-refractivity contribution >= 4 is 11.7 Å². The van der Waals surface area contributed by atoms with Crippen molar-refractivity contribution in [3.63, 3.8) is 0 Å². The zero-order chi connectivity index (χ0) is 26.5. The van der Waals surface area contributed by atoms with Gasteiger partial charge < -0.3 is 10.8 Å². The van der Waals surface area contributed by atoms with Crippen LogP contribution in [0.5, 0.6) is 0 Å². The molecule has 5 rings (SSSR count). The Labute approximate surface area is 219 Å². The minimum Gasteiger partial charge on any atom is -0.396 e. The van der Waals surface area contributed by atoms with Crippen LogP contribution in [-0.4, -0.2) is 23.4 Å². The molecule has 3 unspecified atom stereocenters. The zero-order valence-corrected chi connectivity index (χ0v) is 24.0. The van der Waals surface area contributed by atoms with Crippen molar-refractivity contribution in [3.8, 4) is 0 Å². The summed E-state index contributed by atoms with van der Waals surface area (Å²) in [7, 11) is 0. The molecular formula is C32H51NO3. The second kappa shape index (κ2) is 7.93. The van der Waals surface area contributed by atoms with E-state index in [2.05, 4.69) is 47.6 Å². The van der Waals surface area contributed by atoms with Crippen LogP contribution in [0.3, 0.4) is 0 Å². The number of amides is 1. The summed E-state index contributed by atoms with van der Waals surface area (Å²) in [5.41, 5.74) is 6.95. The average Bonchev–Trinajstić information content (AvgIpc) is 2.75. The van der Waals surface area contributed by atoms with Crippen LogP contribution in [0, 0.1) is 56.2 Å². The molecule has 0 bridgehead atoms. The van der Waals surface area contributed by atoms with E-state index in [0.717, 1.165) is 57.8 Å². The maximum atomic E-state index is 14.4. The summed E-state index contributed by atoms with van der Waals surface area (Å²) in [6, 6.07) is 0. The summed E-state index contributed by atoms with van der Waals surface area (Å²) < 4.78 is 0. The SMILES string of the molecule is CC1(C(N)=O)CC[C@]2(C)CC[C@]3(C)C(=CC(=O)[C@@H]4[C@@]5(C)CC(CCO)CC(C)(C)C5CC[C@]43C)[C@H]2C1. The molecule has 0 aromatic carbocycles. The molecule has 3 N–H and O–H groups in total. The van der Waals surface area contributed by atoms with Gasteiger partial charge in [0, 0.05) is 17.9 Å². The third kappa shape index (κ3) is 3.34. The van der Waals surface area contributed by atoms with Crippen LogP contribution in [0.2, 0.25) is 0 Å². The number of ketones is 1. The first kappa shape index (κ1) is 26.4. The van der Waals surface area contributed by atoms with Gasteiger partial charge in [-0.15, -0.1) is 0 Å². The van der Waals surface area contributed by atoms with Crippen LogP contribution < -0.4 is 5.73 Å². The van der Waals surface area contributed by atoms with Gasteiger partial charge in [-0.05, 0) is 115 Å². The predicted molar refractivity (Wildman–Crippen MR) is 144 cm³/mol. The second-order valence-electron chi connectivity index (χ2n) is 15.9. The van der Waals surface area contributed by atoms with Gasteiger partial charge in [0.15, 0.2) is 5.78 Å². The molecule has 5 aliphatic rings. The number of hydrogen-bond acceptors (Lipinski definition) is 3. The van der Waals surface area contributed by atoms with E-state index in [-0.39, 0.29) is 51.4 Å². The Kier molecular flexibility index (Phi) is 5.83. The van der Waals surface area contributed by atoms with Crippen LogP contribution in [0.4, 0.5) is 0 Å². The number of rotatable bonds is 3. The molecule has 9 atom stereocenters. The van der Waals surface area contributed by atoms with E-state index < -0.39 is 5.41 Å².